The molecule has 4 rings (SSSR count). The fourth-order valence-electron chi connectivity index (χ4n) is 4.14. The van der Waals surface area contributed by atoms with Crippen LogP contribution in [0.1, 0.15) is 17.0 Å². The minimum atomic E-state index is 0.333. The van der Waals surface area contributed by atoms with Crippen molar-refractivity contribution in [2.24, 2.45) is 4.99 Å². The van der Waals surface area contributed by atoms with E-state index in [4.69, 9.17) is 0 Å². The molecule has 2 heterocycles. The van der Waals surface area contributed by atoms with Gasteiger partial charge in [-0.2, -0.15) is 5.10 Å². The number of anilines is 1. The van der Waals surface area contributed by atoms with E-state index in [0.29, 0.717) is 12.3 Å². The molecule has 7 nitrogen and oxygen atoms in total. The highest BCUT2D eigenvalue weighted by molar-refractivity contribution is 5.80. The number of aromatic nitrogens is 2. The lowest BCUT2D eigenvalue weighted by atomic mass is 10.1. The van der Waals surface area contributed by atoms with Crippen LogP contribution in [0.25, 0.3) is 5.69 Å². The first-order chi connectivity index (χ1) is 15.1. The summed E-state index contributed by atoms with van der Waals surface area (Å²) in [6, 6.07) is 17.9. The molecule has 31 heavy (non-hydrogen) atoms. The van der Waals surface area contributed by atoms with Gasteiger partial charge in [-0.25, -0.2) is 4.68 Å². The van der Waals surface area contributed by atoms with Gasteiger partial charge in [-0.1, -0.05) is 30.3 Å². The predicted molar refractivity (Wildman–Crippen MR) is 125 cm³/mol. The number of guanidine groups is 1. The molecule has 1 aliphatic rings. The SMILES string of the molecule is CN=C(NCc1ccccc1-n1nc(C)cc1C)N1CCN(c2ccccc2O)CC1. The maximum atomic E-state index is 10.1. The minimum Gasteiger partial charge on any atom is -0.506 e. The van der Waals surface area contributed by atoms with E-state index in [2.05, 4.69) is 56.4 Å². The Morgan fingerprint density at radius 3 is 2.32 bits per heavy atom. The Hall–Kier alpha value is -3.48. The van der Waals surface area contributed by atoms with Gasteiger partial charge < -0.3 is 20.2 Å². The first kappa shape index (κ1) is 20.8. The van der Waals surface area contributed by atoms with Crippen molar-refractivity contribution in [1.29, 1.82) is 0 Å². The zero-order chi connectivity index (χ0) is 21.8. The summed E-state index contributed by atoms with van der Waals surface area (Å²) in [5.41, 5.74) is 5.28. The number of piperazine rings is 1. The second-order valence-electron chi connectivity index (χ2n) is 7.83. The van der Waals surface area contributed by atoms with Crippen molar-refractivity contribution in [3.8, 4) is 11.4 Å². The number of benzene rings is 2. The lowest BCUT2D eigenvalue weighted by Crippen LogP contribution is -2.52. The molecule has 7 heteroatoms. The van der Waals surface area contributed by atoms with E-state index in [-0.39, 0.29) is 0 Å². The molecule has 1 fully saturated rings. The Balaban J connectivity index is 1.41. The molecule has 2 N–H and O–H groups in total. The van der Waals surface area contributed by atoms with E-state index in [1.807, 2.05) is 42.9 Å². The second kappa shape index (κ2) is 9.12. The molecular formula is C24H30N6O. The minimum absolute atomic E-state index is 0.333. The van der Waals surface area contributed by atoms with Crippen LogP contribution in [0.3, 0.4) is 0 Å². The van der Waals surface area contributed by atoms with Crippen molar-refractivity contribution in [2.45, 2.75) is 20.4 Å². The van der Waals surface area contributed by atoms with Crippen LogP contribution in [0.15, 0.2) is 59.6 Å². The Kier molecular flexibility index (Phi) is 6.11. The number of phenolic OH excluding ortho intramolecular Hbond substituents is 1. The van der Waals surface area contributed by atoms with Gasteiger partial charge in [-0.3, -0.25) is 4.99 Å². The van der Waals surface area contributed by atoms with Crippen LogP contribution < -0.4 is 10.2 Å². The Morgan fingerprint density at radius 1 is 1.00 bits per heavy atom. The van der Waals surface area contributed by atoms with Crippen LogP contribution in [-0.4, -0.2) is 59.0 Å². The van der Waals surface area contributed by atoms with Crippen molar-refractivity contribution in [2.75, 3.05) is 38.1 Å². The number of nitrogens with one attached hydrogen (secondary N) is 1. The van der Waals surface area contributed by atoms with Gasteiger partial charge in [0, 0.05) is 45.5 Å². The summed E-state index contributed by atoms with van der Waals surface area (Å²) in [7, 11) is 1.82. The third-order valence-electron chi connectivity index (χ3n) is 5.68. The second-order valence-corrected chi connectivity index (χ2v) is 7.83. The van der Waals surface area contributed by atoms with E-state index < -0.39 is 0 Å². The van der Waals surface area contributed by atoms with E-state index in [1.165, 1.54) is 5.56 Å². The number of rotatable bonds is 4. The van der Waals surface area contributed by atoms with Gasteiger partial charge in [0.15, 0.2) is 5.96 Å². The van der Waals surface area contributed by atoms with Crippen molar-refractivity contribution >= 4 is 11.6 Å². The van der Waals surface area contributed by atoms with Gasteiger partial charge in [0.1, 0.15) is 5.75 Å². The normalized spacial score (nSPS) is 14.7. The van der Waals surface area contributed by atoms with E-state index in [9.17, 15) is 5.11 Å². The van der Waals surface area contributed by atoms with Gasteiger partial charge >= 0.3 is 0 Å². The third-order valence-corrected chi connectivity index (χ3v) is 5.68. The monoisotopic (exact) mass is 418 g/mol. The average Bonchev–Trinajstić information content (AvgIpc) is 3.13. The summed E-state index contributed by atoms with van der Waals surface area (Å²) in [5, 5.41) is 18.3. The number of aryl methyl sites for hydroxylation is 2. The van der Waals surface area contributed by atoms with Crippen molar-refractivity contribution in [3.63, 3.8) is 0 Å². The fraction of sp³-hybridized carbons (Fsp3) is 0.333. The van der Waals surface area contributed by atoms with E-state index >= 15 is 0 Å². The molecule has 0 bridgehead atoms. The maximum absolute atomic E-state index is 10.1. The Morgan fingerprint density at radius 2 is 1.68 bits per heavy atom. The van der Waals surface area contributed by atoms with Gasteiger partial charge in [0.25, 0.3) is 0 Å². The third kappa shape index (κ3) is 4.50. The largest absolute Gasteiger partial charge is 0.506 e. The van der Waals surface area contributed by atoms with Crippen molar-refractivity contribution in [1.82, 2.24) is 20.0 Å². The standard InChI is InChI=1S/C24H30N6O/c1-18-16-19(2)30(27-18)21-9-5-4-8-20(21)17-26-24(25-3)29-14-12-28(13-15-29)22-10-6-7-11-23(22)31/h4-11,16,31H,12-15,17H2,1-3H3,(H,25,26). The highest BCUT2D eigenvalue weighted by atomic mass is 16.3. The first-order valence-corrected chi connectivity index (χ1v) is 10.7. The Labute approximate surface area is 183 Å². The fourth-order valence-corrected chi connectivity index (χ4v) is 4.14. The molecule has 1 aliphatic heterocycles. The summed E-state index contributed by atoms with van der Waals surface area (Å²) in [6.07, 6.45) is 0. The van der Waals surface area contributed by atoms with Crippen molar-refractivity contribution in [3.05, 3.63) is 71.5 Å². The maximum Gasteiger partial charge on any atom is 0.194 e. The summed E-state index contributed by atoms with van der Waals surface area (Å²) in [4.78, 5) is 8.99. The summed E-state index contributed by atoms with van der Waals surface area (Å²) in [5.74, 6) is 1.22. The molecule has 3 aromatic rings. The molecule has 0 saturated carbocycles. The number of phenols is 1. The molecule has 0 aliphatic carbocycles. The Bertz CT molecular complexity index is 1070. The number of nitrogens with zero attached hydrogens (tertiary/aromatic N) is 5. The number of aliphatic imine (C=N–C) groups is 1. The highest BCUT2D eigenvalue weighted by Crippen LogP contribution is 2.27. The molecule has 1 aromatic heterocycles. The lowest BCUT2D eigenvalue weighted by molar-refractivity contribution is 0.369. The van der Waals surface area contributed by atoms with E-state index in [1.54, 1.807) is 6.07 Å². The van der Waals surface area contributed by atoms with Crippen LogP contribution in [0.2, 0.25) is 0 Å². The lowest BCUT2D eigenvalue weighted by Gasteiger charge is -2.37. The number of para-hydroxylation sites is 3. The zero-order valence-electron chi connectivity index (χ0n) is 18.4. The van der Waals surface area contributed by atoms with Crippen LogP contribution >= 0.6 is 0 Å². The van der Waals surface area contributed by atoms with Crippen LogP contribution in [0.5, 0.6) is 5.75 Å². The molecule has 1 saturated heterocycles. The van der Waals surface area contributed by atoms with Crippen molar-refractivity contribution < 1.29 is 5.11 Å². The molecule has 2 aromatic carbocycles. The number of aromatic hydroxyl groups is 1. The zero-order valence-corrected chi connectivity index (χ0v) is 18.4. The molecule has 0 radical (unpaired) electrons. The average molecular weight is 419 g/mol. The first-order valence-electron chi connectivity index (χ1n) is 10.7. The molecular weight excluding hydrogens is 388 g/mol. The highest BCUT2D eigenvalue weighted by Gasteiger charge is 2.21. The summed E-state index contributed by atoms with van der Waals surface area (Å²) < 4.78 is 2.00. The topological polar surface area (TPSA) is 68.9 Å². The smallest absolute Gasteiger partial charge is 0.194 e. The molecule has 162 valence electrons. The molecule has 0 spiro atoms. The van der Waals surface area contributed by atoms with Gasteiger partial charge in [-0.05, 0) is 43.7 Å². The quantitative estimate of drug-likeness (QED) is 0.503. The summed E-state index contributed by atoms with van der Waals surface area (Å²) >= 11 is 0. The molecule has 0 unspecified atom stereocenters. The van der Waals surface area contributed by atoms with Crippen LogP contribution in [0.4, 0.5) is 5.69 Å². The number of hydrogen-bond donors (Lipinski definition) is 2. The van der Waals surface area contributed by atoms with Gasteiger partial charge in [-0.15, -0.1) is 0 Å². The van der Waals surface area contributed by atoms with Gasteiger partial charge in [0.2, 0.25) is 0 Å². The molecule has 0 atom stereocenters. The van der Waals surface area contributed by atoms with Crippen LogP contribution in [-0.2, 0) is 6.54 Å². The molecule has 0 amide bonds. The predicted octanol–water partition coefficient (Wildman–Crippen LogP) is 3.09. The van der Waals surface area contributed by atoms with Gasteiger partial charge in [0.05, 0.1) is 17.1 Å². The summed E-state index contributed by atoms with van der Waals surface area (Å²) in [6.45, 7) is 8.11. The van der Waals surface area contributed by atoms with E-state index in [0.717, 1.165) is 54.9 Å². The van der Waals surface area contributed by atoms with Crippen LogP contribution in [0, 0.1) is 13.8 Å². The number of hydrogen-bond acceptors (Lipinski definition) is 4.